The molecule has 4 rings (SSSR count). The number of nitrogens with zero attached hydrogens (tertiary/aromatic N) is 2. The first-order chi connectivity index (χ1) is 14.1. The van der Waals surface area contributed by atoms with Crippen molar-refractivity contribution in [3.63, 3.8) is 0 Å². The lowest BCUT2D eigenvalue weighted by Gasteiger charge is -2.26. The topological polar surface area (TPSA) is 77.2 Å². The number of aromatic nitrogens is 2. The normalized spacial score (nSPS) is 19.0. The van der Waals surface area contributed by atoms with E-state index in [1.807, 2.05) is 0 Å². The van der Waals surface area contributed by atoms with E-state index in [0.717, 1.165) is 25.7 Å². The zero-order chi connectivity index (χ0) is 20.2. The first-order valence-electron chi connectivity index (χ1n) is 9.71. The van der Waals surface area contributed by atoms with E-state index in [4.69, 9.17) is 9.15 Å². The van der Waals surface area contributed by atoms with Crippen LogP contribution in [0.1, 0.15) is 32.6 Å². The largest absolute Gasteiger partial charge is 0.444 e. The highest BCUT2D eigenvalue weighted by Gasteiger charge is 2.21. The summed E-state index contributed by atoms with van der Waals surface area (Å²) in [6, 6.07) is 6.06. The SMILES string of the molecule is CC1CCC(NC(=O)Oc2ccc(F)c(-c3cncc(-c4ncco4)c3)c2)CC1. The van der Waals surface area contributed by atoms with Crippen LogP contribution in [0, 0.1) is 11.7 Å². The second-order valence-corrected chi connectivity index (χ2v) is 7.43. The Morgan fingerprint density at radius 3 is 2.72 bits per heavy atom. The smallest absolute Gasteiger partial charge is 0.412 e. The molecule has 0 saturated heterocycles. The van der Waals surface area contributed by atoms with Crippen LogP contribution in [-0.2, 0) is 0 Å². The van der Waals surface area contributed by atoms with Crippen molar-refractivity contribution in [3.05, 3.63) is 54.9 Å². The molecule has 1 aromatic carbocycles. The van der Waals surface area contributed by atoms with Gasteiger partial charge in [0.25, 0.3) is 0 Å². The van der Waals surface area contributed by atoms with E-state index in [-0.39, 0.29) is 17.4 Å². The number of amides is 1. The number of benzene rings is 1. The fraction of sp³-hybridized carbons (Fsp3) is 0.318. The van der Waals surface area contributed by atoms with Gasteiger partial charge in [-0.2, -0.15) is 0 Å². The third-order valence-corrected chi connectivity index (χ3v) is 5.21. The molecule has 0 bridgehead atoms. The minimum atomic E-state index is -0.520. The van der Waals surface area contributed by atoms with Gasteiger partial charge in [0.05, 0.1) is 11.8 Å². The van der Waals surface area contributed by atoms with E-state index < -0.39 is 11.9 Å². The van der Waals surface area contributed by atoms with Crippen LogP contribution in [0.5, 0.6) is 5.75 Å². The lowest BCUT2D eigenvalue weighted by atomic mass is 9.87. The molecule has 1 fully saturated rings. The van der Waals surface area contributed by atoms with Gasteiger partial charge in [0.2, 0.25) is 5.89 Å². The monoisotopic (exact) mass is 395 g/mol. The summed E-state index contributed by atoms with van der Waals surface area (Å²) >= 11 is 0. The maximum Gasteiger partial charge on any atom is 0.412 e. The van der Waals surface area contributed by atoms with Gasteiger partial charge < -0.3 is 14.5 Å². The molecule has 0 atom stereocenters. The van der Waals surface area contributed by atoms with Crippen molar-refractivity contribution >= 4 is 6.09 Å². The molecule has 0 spiro atoms. The van der Waals surface area contributed by atoms with Crippen molar-refractivity contribution in [3.8, 4) is 28.3 Å². The number of ether oxygens (including phenoxy) is 1. The molecular weight excluding hydrogens is 373 g/mol. The highest BCUT2D eigenvalue weighted by molar-refractivity contribution is 5.73. The van der Waals surface area contributed by atoms with Crippen molar-refractivity contribution in [1.29, 1.82) is 0 Å². The Kier molecular flexibility index (Phi) is 5.55. The van der Waals surface area contributed by atoms with Crippen molar-refractivity contribution in [2.45, 2.75) is 38.6 Å². The standard InChI is InChI=1S/C22H22FN3O3/c1-14-2-4-17(5-3-14)26-22(27)29-18-6-7-20(23)19(11-18)15-10-16(13-24-12-15)21-25-8-9-28-21/h6-14,17H,2-5H2,1H3,(H,26,27). The molecule has 1 aliphatic rings. The molecule has 7 heteroatoms. The molecule has 1 saturated carbocycles. The second kappa shape index (κ2) is 8.43. The zero-order valence-electron chi connectivity index (χ0n) is 16.1. The van der Waals surface area contributed by atoms with Crippen molar-refractivity contribution in [1.82, 2.24) is 15.3 Å². The summed E-state index contributed by atoms with van der Waals surface area (Å²) in [5.74, 6) is 0.924. The van der Waals surface area contributed by atoms with Crippen LogP contribution in [0.3, 0.4) is 0 Å². The van der Waals surface area contributed by atoms with E-state index in [2.05, 4.69) is 22.2 Å². The van der Waals surface area contributed by atoms with Gasteiger partial charge in [-0.25, -0.2) is 14.2 Å². The fourth-order valence-electron chi connectivity index (χ4n) is 3.57. The van der Waals surface area contributed by atoms with E-state index in [9.17, 15) is 9.18 Å². The summed E-state index contributed by atoms with van der Waals surface area (Å²) in [5.41, 5.74) is 1.44. The molecule has 2 heterocycles. The molecule has 1 aliphatic carbocycles. The van der Waals surface area contributed by atoms with Gasteiger partial charge in [0.15, 0.2) is 0 Å². The highest BCUT2D eigenvalue weighted by atomic mass is 19.1. The van der Waals surface area contributed by atoms with Gasteiger partial charge in [-0.05, 0) is 55.9 Å². The maximum absolute atomic E-state index is 14.5. The third kappa shape index (κ3) is 4.62. The summed E-state index contributed by atoms with van der Waals surface area (Å²) in [6.07, 6.45) is 9.69. The van der Waals surface area contributed by atoms with Crippen LogP contribution in [0.4, 0.5) is 9.18 Å². The average Bonchev–Trinajstić information content (AvgIpc) is 3.26. The fourth-order valence-corrected chi connectivity index (χ4v) is 3.57. The molecule has 3 aromatic rings. The predicted octanol–water partition coefficient (Wildman–Crippen LogP) is 5.21. The van der Waals surface area contributed by atoms with Crippen LogP contribution >= 0.6 is 0 Å². The van der Waals surface area contributed by atoms with Crippen LogP contribution in [0.25, 0.3) is 22.6 Å². The molecule has 1 N–H and O–H groups in total. The number of hydrogen-bond acceptors (Lipinski definition) is 5. The summed E-state index contributed by atoms with van der Waals surface area (Å²) in [6.45, 7) is 2.22. The maximum atomic E-state index is 14.5. The molecule has 150 valence electrons. The Morgan fingerprint density at radius 2 is 1.97 bits per heavy atom. The number of pyridine rings is 1. The molecule has 0 unspecified atom stereocenters. The molecule has 1 amide bonds. The Balaban J connectivity index is 1.49. The van der Waals surface area contributed by atoms with E-state index in [1.165, 1.54) is 36.9 Å². The first-order valence-corrected chi connectivity index (χ1v) is 9.71. The van der Waals surface area contributed by atoms with Crippen LogP contribution < -0.4 is 10.1 Å². The van der Waals surface area contributed by atoms with E-state index >= 15 is 0 Å². The van der Waals surface area contributed by atoms with Gasteiger partial charge in [-0.1, -0.05) is 6.92 Å². The first kappa shape index (κ1) is 19.1. The number of hydrogen-bond donors (Lipinski definition) is 1. The Labute approximate surface area is 168 Å². The van der Waals surface area contributed by atoms with Gasteiger partial charge in [-0.15, -0.1) is 0 Å². The van der Waals surface area contributed by atoms with Crippen molar-refractivity contribution < 1.29 is 18.3 Å². The number of rotatable bonds is 4. The summed E-state index contributed by atoms with van der Waals surface area (Å²) < 4.78 is 25.1. The zero-order valence-corrected chi connectivity index (χ0v) is 16.1. The van der Waals surface area contributed by atoms with Gasteiger partial charge in [-0.3, -0.25) is 4.98 Å². The van der Waals surface area contributed by atoms with Crippen molar-refractivity contribution in [2.75, 3.05) is 0 Å². The van der Waals surface area contributed by atoms with Gasteiger partial charge in [0, 0.05) is 29.6 Å². The number of nitrogens with one attached hydrogen (secondary N) is 1. The summed E-state index contributed by atoms with van der Waals surface area (Å²) in [4.78, 5) is 20.5. The molecule has 6 nitrogen and oxygen atoms in total. The second-order valence-electron chi connectivity index (χ2n) is 7.43. The number of carbonyl (C=O) groups excluding carboxylic acids is 1. The Hall–Kier alpha value is -3.22. The molecule has 2 aromatic heterocycles. The lowest BCUT2D eigenvalue weighted by molar-refractivity contribution is 0.189. The van der Waals surface area contributed by atoms with Gasteiger partial charge >= 0.3 is 6.09 Å². The minimum absolute atomic E-state index is 0.125. The molecular formula is C22H22FN3O3. The average molecular weight is 395 g/mol. The summed E-state index contributed by atoms with van der Waals surface area (Å²) in [5, 5.41) is 2.90. The molecule has 29 heavy (non-hydrogen) atoms. The summed E-state index contributed by atoms with van der Waals surface area (Å²) in [7, 11) is 0. The number of oxazole rings is 1. The molecule has 0 aliphatic heterocycles. The predicted molar refractivity (Wildman–Crippen MR) is 106 cm³/mol. The highest BCUT2D eigenvalue weighted by Crippen LogP contribution is 2.30. The van der Waals surface area contributed by atoms with Crippen LogP contribution in [-0.4, -0.2) is 22.1 Å². The third-order valence-electron chi connectivity index (χ3n) is 5.21. The lowest BCUT2D eigenvalue weighted by Crippen LogP contribution is -2.39. The van der Waals surface area contributed by atoms with Crippen LogP contribution in [0.15, 0.2) is 53.5 Å². The number of halogens is 1. The Morgan fingerprint density at radius 1 is 1.17 bits per heavy atom. The quantitative estimate of drug-likeness (QED) is 0.656. The van der Waals surface area contributed by atoms with Crippen LogP contribution in [0.2, 0.25) is 0 Å². The van der Waals surface area contributed by atoms with Gasteiger partial charge in [0.1, 0.15) is 17.8 Å². The van der Waals surface area contributed by atoms with E-state index in [0.29, 0.717) is 22.9 Å². The van der Waals surface area contributed by atoms with Crippen molar-refractivity contribution in [2.24, 2.45) is 5.92 Å². The molecule has 0 radical (unpaired) electrons. The minimum Gasteiger partial charge on any atom is -0.444 e. The Bertz CT molecular complexity index is 983. The number of carbonyl (C=O) groups is 1. The van der Waals surface area contributed by atoms with E-state index in [1.54, 1.807) is 12.3 Å².